The van der Waals surface area contributed by atoms with Crippen LogP contribution in [0, 0.1) is 0 Å². The van der Waals surface area contributed by atoms with Crippen molar-refractivity contribution >= 4 is 39.8 Å². The Morgan fingerprint density at radius 3 is 1.44 bits per heavy atom. The Hall–Kier alpha value is -1.85. The van der Waals surface area contributed by atoms with E-state index in [1.165, 1.54) is 24.3 Å². The van der Waals surface area contributed by atoms with Gasteiger partial charge in [0.25, 0.3) is 0 Å². The molecule has 3 N–H and O–H groups in total. The summed E-state index contributed by atoms with van der Waals surface area (Å²) in [4.78, 5) is 0. The van der Waals surface area contributed by atoms with Crippen molar-refractivity contribution in [1.82, 2.24) is 0 Å². The van der Waals surface area contributed by atoms with Gasteiger partial charge in [-0.05, 0) is 76.2 Å². The van der Waals surface area contributed by atoms with Crippen LogP contribution in [0.2, 0.25) is 0 Å². The molecule has 2 heterocycles. The zero-order chi connectivity index (χ0) is 26.5. The van der Waals surface area contributed by atoms with Crippen molar-refractivity contribution in [3.63, 3.8) is 0 Å². The molecule has 2 aromatic rings. The molecule has 2 unspecified atom stereocenters. The number of aromatic hydroxyl groups is 3. The average molecular weight is 562 g/mol. The number of rotatable bonds is 4. The van der Waals surface area contributed by atoms with Gasteiger partial charge in [-0.15, -0.1) is 0 Å². The van der Waals surface area contributed by atoms with Gasteiger partial charge in [0.05, 0.1) is 19.3 Å². The maximum atomic E-state index is 9.10. The minimum atomic E-state index is -0.511. The Labute approximate surface area is 226 Å². The van der Waals surface area contributed by atoms with Gasteiger partial charge in [0.2, 0.25) is 0 Å². The second-order valence-corrected chi connectivity index (χ2v) is 9.02. The third-order valence-electron chi connectivity index (χ3n) is 4.43. The fourth-order valence-corrected chi connectivity index (χ4v) is 3.19. The smallest absolute Gasteiger partial charge is 0.163 e. The third-order valence-corrected chi connectivity index (χ3v) is 5.15. The van der Waals surface area contributed by atoms with Crippen molar-refractivity contribution in [2.45, 2.75) is 51.5 Å². The third kappa shape index (κ3) is 14.0. The zero-order valence-electron chi connectivity index (χ0n) is 21.1. The number of benzene rings is 2. The van der Waals surface area contributed by atoms with Crippen LogP contribution in [-0.4, -0.2) is 88.1 Å². The molecule has 2 saturated heterocycles. The lowest BCUT2D eigenvalue weighted by molar-refractivity contribution is -0.141. The molecular formula is C24H33B3BrO8. The molecule has 0 spiro atoms. The van der Waals surface area contributed by atoms with Gasteiger partial charge in [0.15, 0.2) is 11.6 Å². The highest BCUT2D eigenvalue weighted by Gasteiger charge is 2.33. The second-order valence-electron chi connectivity index (χ2n) is 8.38. The summed E-state index contributed by atoms with van der Waals surface area (Å²) in [5, 5.41) is 27.3. The molecule has 0 saturated carbocycles. The van der Waals surface area contributed by atoms with Crippen LogP contribution in [0.4, 0.5) is 0 Å². The zero-order valence-corrected chi connectivity index (χ0v) is 22.7. The molecule has 0 aliphatic carbocycles. The Bertz CT molecular complexity index is 817. The van der Waals surface area contributed by atoms with Gasteiger partial charge in [-0.2, -0.15) is 0 Å². The summed E-state index contributed by atoms with van der Waals surface area (Å²) in [6.45, 7) is 9.32. The van der Waals surface area contributed by atoms with Crippen LogP contribution in [-0.2, 0) is 18.9 Å². The maximum absolute atomic E-state index is 9.10. The van der Waals surface area contributed by atoms with Crippen molar-refractivity contribution < 1.29 is 39.0 Å². The molecule has 0 bridgehead atoms. The standard InChI is InChI=1S/C12H16O4.C6H11BrO2.C6H6O2.B2.B/c1-12(2)15-8-11(16-12)7-14-10-5-3-9(13)4-6-10;1-6(2)8-4-5(3-7)9-6;7-5-1-2-6(8)4-3-5;1-2;/h3-6,11,13H,7-8H2,1-2H3;5H,3-4H2,1-2H3;1-4,7-8H;;. The predicted octanol–water partition coefficient (Wildman–Crippen LogP) is 3.41. The average Bonchev–Trinajstić information content (AvgIpc) is 3.37. The van der Waals surface area contributed by atoms with Gasteiger partial charge < -0.3 is 39.0 Å². The monoisotopic (exact) mass is 561 g/mol. The largest absolute Gasteiger partial charge is 0.508 e. The summed E-state index contributed by atoms with van der Waals surface area (Å²) in [6, 6.07) is 12.3. The Kier molecular flexibility index (Phi) is 16.0. The van der Waals surface area contributed by atoms with Crippen LogP contribution >= 0.6 is 15.9 Å². The summed E-state index contributed by atoms with van der Waals surface area (Å²) in [6.07, 6.45) is 0.198. The van der Waals surface area contributed by atoms with E-state index in [9.17, 15) is 0 Å². The van der Waals surface area contributed by atoms with Crippen molar-refractivity contribution in [2.24, 2.45) is 0 Å². The van der Waals surface area contributed by atoms with Crippen molar-refractivity contribution in [3.8, 4) is 23.0 Å². The molecule has 2 aromatic carbocycles. The molecule has 2 atom stereocenters. The normalized spacial score (nSPS) is 20.7. The highest BCUT2D eigenvalue weighted by Crippen LogP contribution is 2.24. The minimum absolute atomic E-state index is 0. The topological polar surface area (TPSA) is 107 Å². The number of halogens is 1. The molecule has 0 amide bonds. The van der Waals surface area contributed by atoms with Gasteiger partial charge in [-0.3, -0.25) is 0 Å². The SMILES string of the molecule is CC1(C)OCC(CBr)O1.CC1(C)OCC(COc2ccc(O)cc2)O1.Oc1ccc(O)cc1.[B].[B][B]. The lowest BCUT2D eigenvalue weighted by Gasteiger charge is -2.17. The Morgan fingerprint density at radius 1 is 0.778 bits per heavy atom. The van der Waals surface area contributed by atoms with E-state index in [0.29, 0.717) is 25.6 Å². The molecule has 7 radical (unpaired) electrons. The van der Waals surface area contributed by atoms with E-state index in [1.807, 2.05) is 27.7 Å². The lowest BCUT2D eigenvalue weighted by atomic mass is 9.81. The first-order chi connectivity index (χ1) is 16.5. The molecule has 8 nitrogen and oxygen atoms in total. The van der Waals surface area contributed by atoms with E-state index in [-0.39, 0.29) is 43.7 Å². The fourth-order valence-electron chi connectivity index (χ4n) is 2.87. The van der Waals surface area contributed by atoms with Crippen molar-refractivity contribution in [1.29, 1.82) is 0 Å². The van der Waals surface area contributed by atoms with Crippen LogP contribution in [0.15, 0.2) is 48.5 Å². The molecule has 2 fully saturated rings. The molecule has 2 aliphatic rings. The van der Waals surface area contributed by atoms with Crippen LogP contribution in [0.5, 0.6) is 23.0 Å². The molecule has 36 heavy (non-hydrogen) atoms. The van der Waals surface area contributed by atoms with Crippen LogP contribution < -0.4 is 4.74 Å². The molecule has 12 heteroatoms. The van der Waals surface area contributed by atoms with Gasteiger partial charge in [-0.1, -0.05) is 15.9 Å². The van der Waals surface area contributed by atoms with E-state index < -0.39 is 5.79 Å². The number of hydrogen-bond donors (Lipinski definition) is 3. The molecule has 2 aliphatic heterocycles. The molecule has 0 aromatic heterocycles. The number of hydrogen-bond acceptors (Lipinski definition) is 8. The number of phenolic OH excluding ortho intramolecular Hbond substituents is 3. The van der Waals surface area contributed by atoms with Crippen LogP contribution in [0.25, 0.3) is 0 Å². The van der Waals surface area contributed by atoms with E-state index in [2.05, 4.69) is 31.4 Å². The quantitative estimate of drug-likeness (QED) is 0.296. The molecule has 4 rings (SSSR count). The van der Waals surface area contributed by atoms with Gasteiger partial charge in [0, 0.05) is 29.2 Å². The first-order valence-corrected chi connectivity index (χ1v) is 12.0. The number of ether oxygens (including phenoxy) is 5. The summed E-state index contributed by atoms with van der Waals surface area (Å²) >= 11 is 3.32. The summed E-state index contributed by atoms with van der Waals surface area (Å²) in [7, 11) is 8.00. The predicted molar refractivity (Wildman–Crippen MR) is 144 cm³/mol. The molecular weight excluding hydrogens is 529 g/mol. The number of alkyl halides is 1. The fraction of sp³-hybridized carbons (Fsp3) is 0.500. The maximum Gasteiger partial charge on any atom is 0.163 e. The first-order valence-electron chi connectivity index (χ1n) is 10.9. The highest BCUT2D eigenvalue weighted by molar-refractivity contribution is 9.09. The van der Waals surface area contributed by atoms with Crippen molar-refractivity contribution in [2.75, 3.05) is 25.2 Å². The van der Waals surface area contributed by atoms with Gasteiger partial charge >= 0.3 is 0 Å². The van der Waals surface area contributed by atoms with Crippen molar-refractivity contribution in [3.05, 3.63) is 48.5 Å². The van der Waals surface area contributed by atoms with Gasteiger partial charge in [-0.25, -0.2) is 0 Å². The van der Waals surface area contributed by atoms with Crippen LogP contribution in [0.1, 0.15) is 27.7 Å². The van der Waals surface area contributed by atoms with Crippen LogP contribution in [0.3, 0.4) is 0 Å². The Morgan fingerprint density at radius 2 is 1.14 bits per heavy atom. The van der Waals surface area contributed by atoms with E-state index in [4.69, 9.17) is 39.0 Å². The molecule has 193 valence electrons. The summed E-state index contributed by atoms with van der Waals surface area (Å²) in [5.74, 6) is 0.409. The highest BCUT2D eigenvalue weighted by atomic mass is 79.9. The second kappa shape index (κ2) is 16.8. The summed E-state index contributed by atoms with van der Waals surface area (Å²) < 4.78 is 27.3. The lowest BCUT2D eigenvalue weighted by Crippen LogP contribution is -2.25. The van der Waals surface area contributed by atoms with E-state index >= 15 is 0 Å². The minimum Gasteiger partial charge on any atom is -0.508 e. The number of phenols is 3. The van der Waals surface area contributed by atoms with Gasteiger partial charge in [0.1, 0.15) is 35.7 Å². The van der Waals surface area contributed by atoms with E-state index in [1.54, 1.807) is 24.3 Å². The van der Waals surface area contributed by atoms with E-state index in [0.717, 1.165) is 5.33 Å². The summed E-state index contributed by atoms with van der Waals surface area (Å²) in [5.41, 5.74) is 0. The first kappa shape index (κ1) is 34.2. The Balaban J connectivity index is 0.000000524.